The van der Waals surface area contributed by atoms with E-state index in [1.807, 2.05) is 26.0 Å². The number of aryl methyl sites for hydroxylation is 2. The van der Waals surface area contributed by atoms with Crippen LogP contribution in [0.5, 0.6) is 5.75 Å². The molecule has 4 heterocycles. The third-order valence-electron chi connectivity index (χ3n) is 7.49. The van der Waals surface area contributed by atoms with E-state index in [9.17, 15) is 4.79 Å². The lowest BCUT2D eigenvalue weighted by molar-refractivity contribution is 0.307. The van der Waals surface area contributed by atoms with E-state index in [4.69, 9.17) is 19.2 Å². The van der Waals surface area contributed by atoms with Gasteiger partial charge in [-0.25, -0.2) is 14.8 Å². The molecule has 3 aromatic heterocycles. The van der Waals surface area contributed by atoms with Crippen LogP contribution < -0.4 is 10.5 Å². The first kappa shape index (κ1) is 22.7. The standard InChI is InChI=1S/C30H27N5O3/c1-16-12-17(2)31-29-26(16)32-28(20-9-10-20)35(29)14-19-8-11-23-24(13-19)37-15-21-6-4-5-7-22(21)25(23)18(3)27-33-30(36)38-34-27/h4-8,11-13,20H,9-10,14-15H2,1-3H3,(H,33,34,36). The number of benzene rings is 2. The molecule has 38 heavy (non-hydrogen) atoms. The number of hydrogen-bond acceptors (Lipinski definition) is 6. The van der Waals surface area contributed by atoms with E-state index in [1.165, 1.54) is 12.8 Å². The van der Waals surface area contributed by atoms with Crippen molar-refractivity contribution in [1.82, 2.24) is 24.7 Å². The van der Waals surface area contributed by atoms with E-state index in [-0.39, 0.29) is 0 Å². The summed E-state index contributed by atoms with van der Waals surface area (Å²) in [7, 11) is 0. The SMILES string of the molecule is CC(=C1c2ccccc2COc2cc(Cn3c(C4CC4)nc4c(C)cc(C)nc43)ccc21)c1noc(=O)[nH]1. The summed E-state index contributed by atoms with van der Waals surface area (Å²) in [6.07, 6.45) is 2.34. The molecule has 8 heteroatoms. The Hall–Kier alpha value is -4.46. The third-order valence-corrected chi connectivity index (χ3v) is 7.49. The Bertz CT molecular complexity index is 1820. The maximum atomic E-state index is 11.7. The van der Waals surface area contributed by atoms with Gasteiger partial charge in [0.1, 0.15) is 23.7 Å². The minimum Gasteiger partial charge on any atom is -0.488 e. The summed E-state index contributed by atoms with van der Waals surface area (Å²) in [4.78, 5) is 24.3. The molecule has 2 aliphatic rings. The van der Waals surface area contributed by atoms with E-state index in [0.717, 1.165) is 67.4 Å². The monoisotopic (exact) mass is 505 g/mol. The van der Waals surface area contributed by atoms with Crippen LogP contribution in [0.1, 0.15) is 70.8 Å². The maximum Gasteiger partial charge on any atom is 0.439 e. The lowest BCUT2D eigenvalue weighted by Gasteiger charge is -2.15. The fourth-order valence-electron chi connectivity index (χ4n) is 5.51. The first-order chi connectivity index (χ1) is 18.5. The average molecular weight is 506 g/mol. The predicted octanol–water partition coefficient (Wildman–Crippen LogP) is 5.52. The normalized spacial score (nSPS) is 16.1. The molecule has 1 aliphatic heterocycles. The second-order valence-corrected chi connectivity index (χ2v) is 10.3. The van der Waals surface area contributed by atoms with E-state index in [0.29, 0.717) is 24.9 Å². The number of nitrogens with one attached hydrogen (secondary N) is 1. The van der Waals surface area contributed by atoms with Crippen molar-refractivity contribution in [3.63, 3.8) is 0 Å². The molecule has 0 amide bonds. The molecule has 0 atom stereocenters. The van der Waals surface area contributed by atoms with Gasteiger partial charge >= 0.3 is 5.76 Å². The van der Waals surface area contributed by atoms with Gasteiger partial charge in [0.05, 0.1) is 6.54 Å². The van der Waals surface area contributed by atoms with Crippen molar-refractivity contribution in [2.45, 2.75) is 52.7 Å². The summed E-state index contributed by atoms with van der Waals surface area (Å²) in [5, 5.41) is 3.95. The highest BCUT2D eigenvalue weighted by atomic mass is 16.5. The lowest BCUT2D eigenvalue weighted by atomic mass is 9.90. The van der Waals surface area contributed by atoms with Crippen LogP contribution >= 0.6 is 0 Å². The van der Waals surface area contributed by atoms with Crippen LogP contribution in [0.25, 0.3) is 22.3 Å². The molecule has 1 fully saturated rings. The van der Waals surface area contributed by atoms with Gasteiger partial charge < -0.3 is 9.30 Å². The van der Waals surface area contributed by atoms with E-state index in [1.54, 1.807) is 0 Å². The van der Waals surface area contributed by atoms with E-state index >= 15 is 0 Å². The molecule has 0 bridgehead atoms. The maximum absolute atomic E-state index is 11.7. The molecule has 0 spiro atoms. The average Bonchev–Trinajstić information content (AvgIpc) is 3.59. The number of rotatable bonds is 4. The highest BCUT2D eigenvalue weighted by molar-refractivity contribution is 5.99. The van der Waals surface area contributed by atoms with Gasteiger partial charge in [0.2, 0.25) is 0 Å². The van der Waals surface area contributed by atoms with Crippen LogP contribution in [-0.2, 0) is 13.2 Å². The summed E-state index contributed by atoms with van der Waals surface area (Å²) in [5.41, 5.74) is 10.0. The second kappa shape index (κ2) is 8.55. The molecule has 1 aliphatic carbocycles. The molecular weight excluding hydrogens is 478 g/mol. The van der Waals surface area contributed by atoms with Gasteiger partial charge in [0, 0.05) is 22.7 Å². The Kier molecular flexibility index (Phi) is 5.11. The molecule has 5 aromatic rings. The smallest absolute Gasteiger partial charge is 0.439 e. The summed E-state index contributed by atoms with van der Waals surface area (Å²) in [6.45, 7) is 7.19. The van der Waals surface area contributed by atoms with Gasteiger partial charge in [-0.3, -0.25) is 9.51 Å². The minimum atomic E-state index is -0.577. The van der Waals surface area contributed by atoms with Crippen molar-refractivity contribution in [1.29, 1.82) is 0 Å². The number of aromatic amines is 1. The van der Waals surface area contributed by atoms with Gasteiger partial charge in [-0.2, -0.15) is 0 Å². The number of imidazole rings is 1. The largest absolute Gasteiger partial charge is 0.488 e. The Labute approximate surface area is 219 Å². The van der Waals surface area contributed by atoms with Crippen LogP contribution in [0.3, 0.4) is 0 Å². The van der Waals surface area contributed by atoms with Gasteiger partial charge in [-0.15, -0.1) is 0 Å². The summed E-state index contributed by atoms with van der Waals surface area (Å²) < 4.78 is 13.5. The molecule has 1 saturated carbocycles. The van der Waals surface area contributed by atoms with E-state index in [2.05, 4.69) is 58.0 Å². The van der Waals surface area contributed by atoms with Crippen molar-refractivity contribution < 1.29 is 9.26 Å². The van der Waals surface area contributed by atoms with Crippen LogP contribution in [0.2, 0.25) is 0 Å². The molecule has 190 valence electrons. The van der Waals surface area contributed by atoms with Crippen molar-refractivity contribution in [3.8, 4) is 5.75 Å². The fraction of sp³-hybridized carbons (Fsp3) is 0.267. The zero-order chi connectivity index (χ0) is 26.0. The third kappa shape index (κ3) is 3.75. The zero-order valence-electron chi connectivity index (χ0n) is 21.5. The minimum absolute atomic E-state index is 0.410. The first-order valence-corrected chi connectivity index (χ1v) is 12.9. The Morgan fingerprint density at radius 1 is 1.08 bits per heavy atom. The predicted molar refractivity (Wildman–Crippen MR) is 144 cm³/mol. The summed E-state index contributed by atoms with van der Waals surface area (Å²) in [6, 6.07) is 16.6. The zero-order valence-corrected chi connectivity index (χ0v) is 21.5. The summed E-state index contributed by atoms with van der Waals surface area (Å²) in [5.74, 6) is 2.24. The number of allylic oxidation sites excluding steroid dienone is 1. The number of fused-ring (bicyclic) bond motifs is 3. The van der Waals surface area contributed by atoms with Gasteiger partial charge in [0.25, 0.3) is 0 Å². The Morgan fingerprint density at radius 2 is 1.92 bits per heavy atom. The van der Waals surface area contributed by atoms with Crippen molar-refractivity contribution in [2.75, 3.05) is 0 Å². The fourth-order valence-corrected chi connectivity index (χ4v) is 5.51. The molecule has 8 nitrogen and oxygen atoms in total. The quantitative estimate of drug-likeness (QED) is 0.345. The molecule has 0 saturated heterocycles. The molecule has 1 N–H and O–H groups in total. The van der Waals surface area contributed by atoms with E-state index < -0.39 is 5.76 Å². The lowest BCUT2D eigenvalue weighted by Crippen LogP contribution is -2.06. The van der Waals surface area contributed by atoms with Crippen molar-refractivity contribution in [3.05, 3.63) is 104 Å². The highest BCUT2D eigenvalue weighted by Gasteiger charge is 2.31. The number of aromatic nitrogens is 5. The topological polar surface area (TPSA) is 98.8 Å². The molecule has 0 unspecified atom stereocenters. The summed E-state index contributed by atoms with van der Waals surface area (Å²) >= 11 is 0. The second-order valence-electron chi connectivity index (χ2n) is 10.3. The highest BCUT2D eigenvalue weighted by Crippen LogP contribution is 2.43. The van der Waals surface area contributed by atoms with Crippen molar-refractivity contribution in [2.24, 2.45) is 0 Å². The molecular formula is C30H27N5O3. The van der Waals surface area contributed by atoms with Gasteiger partial charge in [-0.1, -0.05) is 41.6 Å². The Morgan fingerprint density at radius 3 is 2.71 bits per heavy atom. The number of H-pyrrole nitrogens is 1. The first-order valence-electron chi connectivity index (χ1n) is 12.9. The molecule has 7 rings (SSSR count). The van der Waals surface area contributed by atoms with Crippen LogP contribution in [0, 0.1) is 13.8 Å². The van der Waals surface area contributed by atoms with Gasteiger partial charge in [0.15, 0.2) is 11.5 Å². The molecule has 2 aromatic carbocycles. The van der Waals surface area contributed by atoms with Crippen LogP contribution in [0.15, 0.2) is 57.8 Å². The Balaban J connectivity index is 1.36. The number of ether oxygens (including phenoxy) is 1. The van der Waals surface area contributed by atoms with Crippen LogP contribution in [-0.4, -0.2) is 24.7 Å². The van der Waals surface area contributed by atoms with Crippen LogP contribution in [0.4, 0.5) is 0 Å². The van der Waals surface area contributed by atoms with Crippen molar-refractivity contribution >= 4 is 22.3 Å². The number of pyridine rings is 1. The number of hydrogen-bond donors (Lipinski definition) is 1. The van der Waals surface area contributed by atoms with Gasteiger partial charge in [-0.05, 0) is 73.6 Å². The molecule has 0 radical (unpaired) electrons. The number of nitrogens with zero attached hydrogens (tertiary/aromatic N) is 4.